The average molecular weight is 214 g/mol. The number of nitrogens with zero attached hydrogens (tertiary/aromatic N) is 1. The van der Waals surface area contributed by atoms with Gasteiger partial charge in [-0.3, -0.25) is 14.4 Å². The Morgan fingerprint density at radius 3 is 2.13 bits per heavy atom. The Bertz CT molecular complexity index is 261. The molecule has 0 fully saturated rings. The second-order valence-electron chi connectivity index (χ2n) is 4.01. The first-order chi connectivity index (χ1) is 6.82. The lowest BCUT2D eigenvalue weighted by Crippen LogP contribution is -2.41. The Morgan fingerprint density at radius 2 is 1.80 bits per heavy atom. The number of hydrogen-bond acceptors (Lipinski definition) is 3. The van der Waals surface area contributed by atoms with Gasteiger partial charge >= 0.3 is 0 Å². The lowest BCUT2D eigenvalue weighted by molar-refractivity contribution is -0.138. The fourth-order valence-electron chi connectivity index (χ4n) is 1.21. The molecule has 5 heteroatoms. The van der Waals surface area contributed by atoms with Crippen LogP contribution in [0.4, 0.5) is 0 Å². The Kier molecular flexibility index (Phi) is 5.59. The molecule has 0 aliphatic carbocycles. The summed E-state index contributed by atoms with van der Waals surface area (Å²) in [6.07, 6.45) is -0.167. The SMILES string of the molecule is CC(=O)CC(=O)N(CC(N)=O)CC(C)C. The first-order valence-electron chi connectivity index (χ1n) is 4.88. The van der Waals surface area contributed by atoms with E-state index in [2.05, 4.69) is 0 Å². The Balaban J connectivity index is 4.39. The summed E-state index contributed by atoms with van der Waals surface area (Å²) in [4.78, 5) is 34.3. The van der Waals surface area contributed by atoms with E-state index >= 15 is 0 Å². The Labute approximate surface area is 89.6 Å². The quantitative estimate of drug-likeness (QED) is 0.629. The van der Waals surface area contributed by atoms with E-state index in [0.717, 1.165) is 0 Å². The van der Waals surface area contributed by atoms with Crippen molar-refractivity contribution in [3.63, 3.8) is 0 Å². The van der Waals surface area contributed by atoms with Gasteiger partial charge in [0, 0.05) is 6.54 Å². The summed E-state index contributed by atoms with van der Waals surface area (Å²) in [6, 6.07) is 0. The van der Waals surface area contributed by atoms with Gasteiger partial charge in [-0.15, -0.1) is 0 Å². The molecule has 0 bridgehead atoms. The van der Waals surface area contributed by atoms with Gasteiger partial charge in [0.1, 0.15) is 5.78 Å². The first kappa shape index (κ1) is 13.6. The van der Waals surface area contributed by atoms with Crippen molar-refractivity contribution in [1.82, 2.24) is 4.90 Å². The molecule has 0 aliphatic rings. The summed E-state index contributed by atoms with van der Waals surface area (Å²) in [5.41, 5.74) is 5.02. The largest absolute Gasteiger partial charge is 0.368 e. The topological polar surface area (TPSA) is 80.5 Å². The molecule has 0 unspecified atom stereocenters. The first-order valence-corrected chi connectivity index (χ1v) is 4.88. The van der Waals surface area contributed by atoms with Crippen LogP contribution in [0.5, 0.6) is 0 Å². The van der Waals surface area contributed by atoms with Gasteiger partial charge in [-0.05, 0) is 12.8 Å². The minimum atomic E-state index is -0.562. The van der Waals surface area contributed by atoms with Gasteiger partial charge in [0.25, 0.3) is 0 Å². The molecule has 0 aromatic carbocycles. The van der Waals surface area contributed by atoms with Crippen molar-refractivity contribution in [3.8, 4) is 0 Å². The Hall–Kier alpha value is -1.39. The summed E-state index contributed by atoms with van der Waals surface area (Å²) in [7, 11) is 0. The molecule has 0 radical (unpaired) electrons. The molecule has 0 saturated carbocycles. The fraction of sp³-hybridized carbons (Fsp3) is 0.700. The molecule has 86 valence electrons. The predicted octanol–water partition coefficient (Wildman–Crippen LogP) is -0.0646. The van der Waals surface area contributed by atoms with Crippen molar-refractivity contribution in [2.45, 2.75) is 27.2 Å². The number of amides is 2. The van der Waals surface area contributed by atoms with Crippen molar-refractivity contribution in [3.05, 3.63) is 0 Å². The molecule has 0 spiro atoms. The van der Waals surface area contributed by atoms with Crippen LogP contribution in [0.1, 0.15) is 27.2 Å². The highest BCUT2D eigenvalue weighted by Crippen LogP contribution is 2.01. The van der Waals surface area contributed by atoms with Gasteiger partial charge < -0.3 is 10.6 Å². The number of nitrogens with two attached hydrogens (primary N) is 1. The molecule has 5 nitrogen and oxygen atoms in total. The Morgan fingerprint density at radius 1 is 1.27 bits per heavy atom. The van der Waals surface area contributed by atoms with E-state index in [4.69, 9.17) is 5.73 Å². The molecule has 0 rings (SSSR count). The van der Waals surface area contributed by atoms with E-state index in [-0.39, 0.29) is 30.6 Å². The zero-order valence-electron chi connectivity index (χ0n) is 9.45. The highest BCUT2D eigenvalue weighted by Gasteiger charge is 2.17. The van der Waals surface area contributed by atoms with Crippen LogP contribution in [0.15, 0.2) is 0 Å². The zero-order valence-corrected chi connectivity index (χ0v) is 9.45. The predicted molar refractivity (Wildman–Crippen MR) is 55.9 cm³/mol. The van der Waals surface area contributed by atoms with E-state index in [1.165, 1.54) is 11.8 Å². The van der Waals surface area contributed by atoms with Gasteiger partial charge in [-0.1, -0.05) is 13.8 Å². The van der Waals surface area contributed by atoms with Gasteiger partial charge in [0.05, 0.1) is 13.0 Å². The maximum atomic E-state index is 11.5. The van der Waals surface area contributed by atoms with E-state index in [0.29, 0.717) is 6.54 Å². The molecule has 2 amide bonds. The van der Waals surface area contributed by atoms with Crippen molar-refractivity contribution >= 4 is 17.6 Å². The summed E-state index contributed by atoms with van der Waals surface area (Å²) >= 11 is 0. The number of Topliss-reactive ketones (excluding diaryl/α,β-unsaturated/α-hetero) is 1. The molecule has 0 atom stereocenters. The molecule has 0 aliphatic heterocycles. The van der Waals surface area contributed by atoms with E-state index in [1.807, 2.05) is 13.8 Å². The van der Waals surface area contributed by atoms with E-state index < -0.39 is 5.91 Å². The highest BCUT2D eigenvalue weighted by atomic mass is 16.2. The minimum Gasteiger partial charge on any atom is -0.368 e. The van der Waals surface area contributed by atoms with Crippen molar-refractivity contribution in [1.29, 1.82) is 0 Å². The van der Waals surface area contributed by atoms with Crippen LogP contribution in [0, 0.1) is 5.92 Å². The fourth-order valence-corrected chi connectivity index (χ4v) is 1.21. The third-order valence-electron chi connectivity index (χ3n) is 1.69. The smallest absolute Gasteiger partial charge is 0.237 e. The lowest BCUT2D eigenvalue weighted by Gasteiger charge is -2.22. The summed E-state index contributed by atoms with van der Waals surface area (Å²) < 4.78 is 0. The van der Waals surface area contributed by atoms with Crippen LogP contribution < -0.4 is 5.73 Å². The van der Waals surface area contributed by atoms with Crippen LogP contribution >= 0.6 is 0 Å². The molecular formula is C10H18N2O3. The molecule has 0 heterocycles. The average Bonchev–Trinajstić information content (AvgIpc) is 1.99. The van der Waals surface area contributed by atoms with Crippen molar-refractivity contribution in [2.24, 2.45) is 11.7 Å². The van der Waals surface area contributed by atoms with Crippen LogP contribution in [-0.4, -0.2) is 35.6 Å². The standard InChI is InChI=1S/C10H18N2O3/c1-7(2)5-12(6-9(11)14)10(15)4-8(3)13/h7H,4-6H2,1-3H3,(H2,11,14). The number of carbonyl (C=O) groups is 3. The van der Waals surface area contributed by atoms with E-state index in [1.54, 1.807) is 0 Å². The summed E-state index contributed by atoms with van der Waals surface area (Å²) in [6.45, 7) is 5.51. The third-order valence-corrected chi connectivity index (χ3v) is 1.69. The van der Waals surface area contributed by atoms with Crippen LogP contribution in [0.25, 0.3) is 0 Å². The van der Waals surface area contributed by atoms with Crippen LogP contribution in [-0.2, 0) is 14.4 Å². The third kappa shape index (κ3) is 6.65. The number of carbonyl (C=O) groups excluding carboxylic acids is 3. The summed E-state index contributed by atoms with van der Waals surface area (Å²) in [5.74, 6) is -0.874. The number of primary amides is 1. The maximum absolute atomic E-state index is 11.5. The molecule has 0 aromatic rings. The second-order valence-corrected chi connectivity index (χ2v) is 4.01. The number of ketones is 1. The molecule has 0 saturated heterocycles. The van der Waals surface area contributed by atoms with E-state index in [9.17, 15) is 14.4 Å². The summed E-state index contributed by atoms with van der Waals surface area (Å²) in [5, 5.41) is 0. The van der Waals surface area contributed by atoms with Gasteiger partial charge in [-0.25, -0.2) is 0 Å². The van der Waals surface area contributed by atoms with Gasteiger partial charge in [0.15, 0.2) is 0 Å². The van der Waals surface area contributed by atoms with Gasteiger partial charge in [0.2, 0.25) is 11.8 Å². The maximum Gasteiger partial charge on any atom is 0.237 e. The number of rotatable bonds is 6. The second kappa shape index (κ2) is 6.16. The molecular weight excluding hydrogens is 196 g/mol. The normalized spacial score (nSPS) is 10.1. The highest BCUT2D eigenvalue weighted by molar-refractivity contribution is 5.97. The number of hydrogen-bond donors (Lipinski definition) is 1. The monoisotopic (exact) mass is 214 g/mol. The minimum absolute atomic E-state index is 0.121. The van der Waals surface area contributed by atoms with Crippen molar-refractivity contribution < 1.29 is 14.4 Å². The van der Waals surface area contributed by atoms with Crippen molar-refractivity contribution in [2.75, 3.05) is 13.1 Å². The van der Waals surface area contributed by atoms with Crippen LogP contribution in [0.2, 0.25) is 0 Å². The molecule has 0 aromatic heterocycles. The lowest BCUT2D eigenvalue weighted by atomic mass is 10.2. The molecule has 15 heavy (non-hydrogen) atoms. The van der Waals surface area contributed by atoms with Gasteiger partial charge in [-0.2, -0.15) is 0 Å². The zero-order chi connectivity index (χ0) is 12.0. The molecule has 2 N–H and O–H groups in total. The van der Waals surface area contributed by atoms with Crippen LogP contribution in [0.3, 0.4) is 0 Å².